The van der Waals surface area contributed by atoms with Crippen LogP contribution in [0.1, 0.15) is 23.1 Å². The van der Waals surface area contributed by atoms with Crippen LogP contribution in [0.2, 0.25) is 0 Å². The van der Waals surface area contributed by atoms with Crippen molar-refractivity contribution in [3.05, 3.63) is 71.3 Å². The van der Waals surface area contributed by atoms with Crippen LogP contribution < -0.4 is 5.32 Å². The monoisotopic (exact) mass is 379 g/mol. The van der Waals surface area contributed by atoms with Crippen molar-refractivity contribution >= 4 is 11.9 Å². The van der Waals surface area contributed by atoms with Crippen molar-refractivity contribution in [1.82, 2.24) is 5.32 Å². The Morgan fingerprint density at radius 3 is 2.07 bits per heavy atom. The predicted molar refractivity (Wildman–Crippen MR) is 93.9 cm³/mol. The summed E-state index contributed by atoms with van der Waals surface area (Å²) >= 11 is 0. The van der Waals surface area contributed by atoms with Gasteiger partial charge < -0.3 is 10.4 Å². The Morgan fingerprint density at radius 2 is 1.52 bits per heavy atom. The molecule has 7 heteroatoms. The number of aliphatic carboxylic acids is 1. The van der Waals surface area contributed by atoms with Crippen LogP contribution in [0, 0.1) is 5.92 Å². The van der Waals surface area contributed by atoms with Gasteiger partial charge in [0, 0.05) is 6.54 Å². The Labute approximate surface area is 155 Å². The number of hydrogen-bond acceptors (Lipinski definition) is 2. The Bertz CT molecular complexity index is 758. The highest BCUT2D eigenvalue weighted by Crippen LogP contribution is 2.27. The highest BCUT2D eigenvalue weighted by atomic mass is 19.4. The zero-order valence-corrected chi connectivity index (χ0v) is 14.5. The fourth-order valence-corrected chi connectivity index (χ4v) is 2.65. The molecule has 2 N–H and O–H groups in total. The second kappa shape index (κ2) is 9.21. The zero-order valence-electron chi connectivity index (χ0n) is 14.5. The van der Waals surface area contributed by atoms with Crippen molar-refractivity contribution in [2.75, 3.05) is 0 Å². The van der Waals surface area contributed by atoms with E-state index in [-0.39, 0.29) is 18.7 Å². The Hall–Kier alpha value is -2.83. The lowest BCUT2D eigenvalue weighted by Gasteiger charge is -2.15. The summed E-state index contributed by atoms with van der Waals surface area (Å²) in [6.07, 6.45) is -5.97. The largest absolute Gasteiger partial charge is 0.481 e. The maximum absolute atomic E-state index is 12.5. The van der Waals surface area contributed by atoms with Crippen molar-refractivity contribution in [3.8, 4) is 0 Å². The molecule has 1 amide bonds. The van der Waals surface area contributed by atoms with E-state index < -0.39 is 24.5 Å². The number of amides is 1. The van der Waals surface area contributed by atoms with Crippen LogP contribution in [0.4, 0.5) is 13.2 Å². The fourth-order valence-electron chi connectivity index (χ4n) is 2.65. The minimum Gasteiger partial charge on any atom is -0.481 e. The van der Waals surface area contributed by atoms with E-state index in [9.17, 15) is 22.8 Å². The van der Waals surface area contributed by atoms with E-state index in [4.69, 9.17) is 5.11 Å². The van der Waals surface area contributed by atoms with Gasteiger partial charge in [-0.2, -0.15) is 13.2 Å². The number of carboxylic acids is 1. The summed E-state index contributed by atoms with van der Waals surface area (Å²) < 4.78 is 37.4. The van der Waals surface area contributed by atoms with Gasteiger partial charge in [-0.15, -0.1) is 0 Å². The first-order valence-electron chi connectivity index (χ1n) is 8.41. The van der Waals surface area contributed by atoms with Gasteiger partial charge in [0.2, 0.25) is 5.91 Å². The first-order chi connectivity index (χ1) is 12.7. The highest BCUT2D eigenvalue weighted by molar-refractivity contribution is 5.78. The summed E-state index contributed by atoms with van der Waals surface area (Å²) in [5.74, 6) is -3.17. The lowest BCUT2D eigenvalue weighted by molar-refractivity contribution is -0.163. The molecular formula is C20H20F3NO3. The molecule has 0 aromatic heterocycles. The summed E-state index contributed by atoms with van der Waals surface area (Å²) in [5, 5.41) is 11.8. The third kappa shape index (κ3) is 7.52. The van der Waals surface area contributed by atoms with Gasteiger partial charge in [-0.3, -0.25) is 9.59 Å². The van der Waals surface area contributed by atoms with Crippen molar-refractivity contribution in [1.29, 1.82) is 0 Å². The molecule has 0 heterocycles. The van der Waals surface area contributed by atoms with E-state index in [0.717, 1.165) is 5.56 Å². The van der Waals surface area contributed by atoms with E-state index in [2.05, 4.69) is 5.32 Å². The third-order valence-corrected chi connectivity index (χ3v) is 4.03. The standard InChI is InChI=1S/C20H20F3NO3/c21-20(22,23)12-17(19(26)27)10-14-6-8-15(9-7-14)11-18(25)24-13-16-4-2-1-3-5-16/h1-9,17H,10-13H2,(H,24,25)(H,26,27). The number of benzene rings is 2. The number of rotatable bonds is 8. The smallest absolute Gasteiger partial charge is 0.389 e. The molecule has 0 saturated carbocycles. The van der Waals surface area contributed by atoms with Gasteiger partial charge in [0.05, 0.1) is 18.8 Å². The molecule has 4 nitrogen and oxygen atoms in total. The predicted octanol–water partition coefficient (Wildman–Crippen LogP) is 3.74. The molecule has 2 rings (SSSR count). The first-order valence-corrected chi connectivity index (χ1v) is 8.41. The van der Waals surface area contributed by atoms with Crippen molar-refractivity contribution < 1.29 is 27.9 Å². The average Bonchev–Trinajstić information content (AvgIpc) is 2.61. The molecule has 0 aliphatic rings. The second-order valence-corrected chi connectivity index (χ2v) is 6.31. The van der Waals surface area contributed by atoms with Crippen LogP contribution in [0.15, 0.2) is 54.6 Å². The quantitative estimate of drug-likeness (QED) is 0.734. The second-order valence-electron chi connectivity index (χ2n) is 6.31. The molecule has 0 aliphatic carbocycles. The number of alkyl halides is 3. The number of halogens is 3. The van der Waals surface area contributed by atoms with E-state index >= 15 is 0 Å². The summed E-state index contributed by atoms with van der Waals surface area (Å²) in [5.41, 5.74) is 2.16. The maximum atomic E-state index is 12.5. The lowest BCUT2D eigenvalue weighted by atomic mass is 9.95. The molecule has 0 radical (unpaired) electrons. The summed E-state index contributed by atoms with van der Waals surface area (Å²) in [6, 6.07) is 15.8. The molecule has 1 unspecified atom stereocenters. The molecule has 27 heavy (non-hydrogen) atoms. The van der Waals surface area contributed by atoms with Crippen LogP contribution >= 0.6 is 0 Å². The van der Waals surface area contributed by atoms with Gasteiger partial charge >= 0.3 is 12.1 Å². The number of carboxylic acid groups (broad SMARTS) is 1. The van der Waals surface area contributed by atoms with Crippen LogP contribution in [-0.4, -0.2) is 23.2 Å². The molecule has 1 atom stereocenters. The van der Waals surface area contributed by atoms with Crippen LogP contribution in [-0.2, 0) is 29.0 Å². The van der Waals surface area contributed by atoms with Crippen LogP contribution in [0.5, 0.6) is 0 Å². The van der Waals surface area contributed by atoms with E-state index in [1.807, 2.05) is 30.3 Å². The van der Waals surface area contributed by atoms with Gasteiger partial charge in [-0.25, -0.2) is 0 Å². The number of carbonyl (C=O) groups is 2. The molecule has 2 aromatic carbocycles. The number of hydrogen-bond donors (Lipinski definition) is 2. The first kappa shape index (κ1) is 20.5. The Morgan fingerprint density at radius 1 is 0.926 bits per heavy atom. The van der Waals surface area contributed by atoms with Gasteiger partial charge in [-0.1, -0.05) is 54.6 Å². The topological polar surface area (TPSA) is 66.4 Å². The minimum atomic E-state index is -4.53. The molecular weight excluding hydrogens is 359 g/mol. The molecule has 0 fully saturated rings. The van der Waals surface area contributed by atoms with E-state index in [1.54, 1.807) is 24.3 Å². The molecule has 0 bridgehead atoms. The Kier molecular flexibility index (Phi) is 6.98. The molecule has 0 saturated heterocycles. The third-order valence-electron chi connectivity index (χ3n) is 4.03. The Balaban J connectivity index is 1.88. The van der Waals surface area contributed by atoms with Crippen LogP contribution in [0.25, 0.3) is 0 Å². The van der Waals surface area contributed by atoms with Crippen molar-refractivity contribution in [2.45, 2.75) is 32.0 Å². The van der Waals surface area contributed by atoms with E-state index in [0.29, 0.717) is 17.7 Å². The number of nitrogens with one attached hydrogen (secondary N) is 1. The molecule has 0 aliphatic heterocycles. The van der Waals surface area contributed by atoms with Gasteiger partial charge in [0.25, 0.3) is 0 Å². The zero-order chi connectivity index (χ0) is 19.9. The summed E-state index contributed by atoms with van der Waals surface area (Å²) in [7, 11) is 0. The normalized spacial score (nSPS) is 12.4. The van der Waals surface area contributed by atoms with Gasteiger partial charge in [-0.05, 0) is 23.1 Å². The van der Waals surface area contributed by atoms with E-state index in [1.165, 1.54) is 0 Å². The van der Waals surface area contributed by atoms with Crippen LogP contribution in [0.3, 0.4) is 0 Å². The molecule has 2 aromatic rings. The van der Waals surface area contributed by atoms with Gasteiger partial charge in [0.15, 0.2) is 0 Å². The number of carbonyl (C=O) groups excluding carboxylic acids is 1. The minimum absolute atomic E-state index is 0.137. The molecule has 144 valence electrons. The lowest BCUT2D eigenvalue weighted by Crippen LogP contribution is -2.25. The fraction of sp³-hybridized carbons (Fsp3) is 0.300. The summed E-state index contributed by atoms with van der Waals surface area (Å²) in [4.78, 5) is 23.0. The summed E-state index contributed by atoms with van der Waals surface area (Å²) in [6.45, 7) is 0.412. The maximum Gasteiger partial charge on any atom is 0.389 e. The SMILES string of the molecule is O=C(Cc1ccc(CC(CC(F)(F)F)C(=O)O)cc1)NCc1ccccc1. The average molecular weight is 379 g/mol. The van der Waals surface area contributed by atoms with Gasteiger partial charge in [0.1, 0.15) is 0 Å². The van der Waals surface area contributed by atoms with Crippen molar-refractivity contribution in [3.63, 3.8) is 0 Å². The van der Waals surface area contributed by atoms with Crippen molar-refractivity contribution in [2.24, 2.45) is 5.92 Å². The highest BCUT2D eigenvalue weighted by Gasteiger charge is 2.35. The molecule has 0 spiro atoms.